The zero-order valence-electron chi connectivity index (χ0n) is 15.9. The minimum atomic E-state index is -0.395. The van der Waals surface area contributed by atoms with Gasteiger partial charge in [0.2, 0.25) is 5.88 Å². The molecule has 2 heterocycles. The van der Waals surface area contributed by atoms with Crippen LogP contribution >= 0.6 is 0 Å². The van der Waals surface area contributed by atoms with E-state index < -0.39 is 5.91 Å². The molecule has 0 aliphatic carbocycles. The molecule has 1 amide bonds. The summed E-state index contributed by atoms with van der Waals surface area (Å²) in [5.74, 6) is 0.505. The maximum absolute atomic E-state index is 12.9. The molecule has 1 N–H and O–H groups in total. The molecule has 4 aromatic rings. The van der Waals surface area contributed by atoms with Crippen LogP contribution in [0.4, 0.5) is 5.69 Å². The number of ether oxygens (including phenoxy) is 1. The molecule has 144 valence electrons. The summed E-state index contributed by atoms with van der Waals surface area (Å²) in [6.45, 7) is 1.73. The number of carbonyl (C=O) groups excluding carboxylic acids is 1. The highest BCUT2D eigenvalue weighted by atomic mass is 16.5. The van der Waals surface area contributed by atoms with Crippen molar-refractivity contribution in [1.29, 1.82) is 0 Å². The Morgan fingerprint density at radius 2 is 1.83 bits per heavy atom. The smallest absolute Gasteiger partial charge is 0.259 e. The Bertz CT molecular complexity index is 1250. The molecule has 0 bridgehead atoms. The van der Waals surface area contributed by atoms with Crippen molar-refractivity contribution in [2.75, 3.05) is 12.4 Å². The largest absolute Gasteiger partial charge is 0.481 e. The molecule has 4 rings (SSSR count). The van der Waals surface area contributed by atoms with Gasteiger partial charge in [-0.25, -0.2) is 4.98 Å². The molecule has 0 saturated carbocycles. The Morgan fingerprint density at radius 1 is 1.03 bits per heavy atom. The number of fused-ring (bicyclic) bond motifs is 1. The summed E-state index contributed by atoms with van der Waals surface area (Å²) in [5, 5.41) is 3.14. The molecular formula is C23H18N2O4. The number of benzene rings is 2. The monoisotopic (exact) mass is 386 g/mol. The molecule has 2 aromatic carbocycles. The Hall–Kier alpha value is -3.93. The maximum Gasteiger partial charge on any atom is 0.259 e. The van der Waals surface area contributed by atoms with Crippen molar-refractivity contribution in [2.45, 2.75) is 6.92 Å². The number of aromatic nitrogens is 1. The molecule has 6 heteroatoms. The number of hydrogen-bond acceptors (Lipinski definition) is 5. The van der Waals surface area contributed by atoms with E-state index in [1.807, 2.05) is 30.3 Å². The number of amides is 1. The Balaban J connectivity index is 1.81. The summed E-state index contributed by atoms with van der Waals surface area (Å²) in [7, 11) is 1.52. The lowest BCUT2D eigenvalue weighted by molar-refractivity contribution is 0.102. The lowest BCUT2D eigenvalue weighted by Gasteiger charge is -2.11. The molecule has 0 radical (unpaired) electrons. The summed E-state index contributed by atoms with van der Waals surface area (Å²) < 4.78 is 11.1. The van der Waals surface area contributed by atoms with Gasteiger partial charge in [-0.15, -0.1) is 0 Å². The molecule has 0 atom stereocenters. The van der Waals surface area contributed by atoms with Crippen molar-refractivity contribution in [3.8, 4) is 17.2 Å². The summed E-state index contributed by atoms with van der Waals surface area (Å²) in [4.78, 5) is 29.9. The lowest BCUT2D eigenvalue weighted by Crippen LogP contribution is -2.15. The molecule has 0 aliphatic rings. The van der Waals surface area contributed by atoms with E-state index in [1.165, 1.54) is 13.3 Å². The zero-order valence-corrected chi connectivity index (χ0v) is 15.9. The molecule has 0 aliphatic heterocycles. The highest BCUT2D eigenvalue weighted by Gasteiger charge is 2.18. The fraction of sp³-hybridized carbons (Fsp3) is 0.0870. The predicted octanol–water partition coefficient (Wildman–Crippen LogP) is 4.42. The average Bonchev–Trinajstić information content (AvgIpc) is 2.77. The van der Waals surface area contributed by atoms with Gasteiger partial charge in [0.1, 0.15) is 5.76 Å². The van der Waals surface area contributed by atoms with E-state index in [0.717, 1.165) is 5.56 Å². The van der Waals surface area contributed by atoms with Gasteiger partial charge in [-0.3, -0.25) is 9.59 Å². The number of methoxy groups -OCH3 is 1. The number of hydrogen-bond donors (Lipinski definition) is 1. The van der Waals surface area contributed by atoms with Gasteiger partial charge < -0.3 is 14.5 Å². The molecule has 2 aromatic heterocycles. The van der Waals surface area contributed by atoms with Gasteiger partial charge >= 0.3 is 0 Å². The van der Waals surface area contributed by atoms with E-state index in [1.54, 1.807) is 37.3 Å². The first-order chi connectivity index (χ1) is 14.1. The molecule has 0 unspecified atom stereocenters. The fourth-order valence-corrected chi connectivity index (χ4v) is 3.13. The number of rotatable bonds is 4. The second-order valence-corrected chi connectivity index (χ2v) is 6.48. The zero-order chi connectivity index (χ0) is 20.4. The van der Waals surface area contributed by atoms with E-state index in [4.69, 9.17) is 9.15 Å². The van der Waals surface area contributed by atoms with Crippen LogP contribution in [0.3, 0.4) is 0 Å². The van der Waals surface area contributed by atoms with E-state index >= 15 is 0 Å². The van der Waals surface area contributed by atoms with E-state index in [9.17, 15) is 9.59 Å². The van der Waals surface area contributed by atoms with Crippen LogP contribution in [-0.4, -0.2) is 18.0 Å². The van der Waals surface area contributed by atoms with Gasteiger partial charge in [-0.05, 0) is 25.1 Å². The summed E-state index contributed by atoms with van der Waals surface area (Å²) in [6.07, 6.45) is 1.50. The van der Waals surface area contributed by atoms with E-state index in [2.05, 4.69) is 10.3 Å². The van der Waals surface area contributed by atoms with Crippen LogP contribution < -0.4 is 15.5 Å². The van der Waals surface area contributed by atoms with Crippen LogP contribution in [0.5, 0.6) is 5.88 Å². The summed E-state index contributed by atoms with van der Waals surface area (Å²) in [6, 6.07) is 17.6. The maximum atomic E-state index is 12.9. The average molecular weight is 386 g/mol. The second-order valence-electron chi connectivity index (χ2n) is 6.48. The minimum Gasteiger partial charge on any atom is -0.481 e. The predicted molar refractivity (Wildman–Crippen MR) is 111 cm³/mol. The summed E-state index contributed by atoms with van der Waals surface area (Å²) in [5.41, 5.74) is 2.14. The molecule has 0 spiro atoms. The third-order valence-corrected chi connectivity index (χ3v) is 4.63. The molecular weight excluding hydrogens is 368 g/mol. The molecule has 6 nitrogen and oxygen atoms in total. The van der Waals surface area contributed by atoms with Crippen molar-refractivity contribution in [2.24, 2.45) is 0 Å². The first kappa shape index (κ1) is 18.4. The highest BCUT2D eigenvalue weighted by molar-refractivity contribution is 6.11. The highest BCUT2D eigenvalue weighted by Crippen LogP contribution is 2.27. The number of pyridine rings is 1. The third kappa shape index (κ3) is 3.48. The van der Waals surface area contributed by atoms with Crippen LogP contribution in [-0.2, 0) is 0 Å². The third-order valence-electron chi connectivity index (χ3n) is 4.63. The van der Waals surface area contributed by atoms with Crippen LogP contribution in [0.1, 0.15) is 15.9 Å². The van der Waals surface area contributed by atoms with Gasteiger partial charge in [-0.2, -0.15) is 0 Å². The van der Waals surface area contributed by atoms with Gasteiger partial charge in [0.15, 0.2) is 11.0 Å². The van der Waals surface area contributed by atoms with Crippen LogP contribution in [0, 0.1) is 6.92 Å². The Kier molecular flexibility index (Phi) is 4.83. The fourth-order valence-electron chi connectivity index (χ4n) is 3.13. The number of anilines is 1. The van der Waals surface area contributed by atoms with Crippen LogP contribution in [0.2, 0.25) is 0 Å². The van der Waals surface area contributed by atoms with Crippen molar-refractivity contribution in [3.63, 3.8) is 0 Å². The normalized spacial score (nSPS) is 10.7. The van der Waals surface area contributed by atoms with Crippen molar-refractivity contribution in [3.05, 3.63) is 88.2 Å². The van der Waals surface area contributed by atoms with E-state index in [0.29, 0.717) is 28.3 Å². The van der Waals surface area contributed by atoms with Crippen LogP contribution in [0.15, 0.2) is 76.1 Å². The first-order valence-corrected chi connectivity index (χ1v) is 9.01. The van der Waals surface area contributed by atoms with Crippen molar-refractivity contribution >= 4 is 22.6 Å². The topological polar surface area (TPSA) is 81.4 Å². The molecule has 0 saturated heterocycles. The number of nitrogens with one attached hydrogen (secondary N) is 1. The van der Waals surface area contributed by atoms with Crippen LogP contribution in [0.25, 0.3) is 22.3 Å². The minimum absolute atomic E-state index is 0.161. The summed E-state index contributed by atoms with van der Waals surface area (Å²) >= 11 is 0. The quantitative estimate of drug-likeness (QED) is 0.561. The molecule has 0 fully saturated rings. The van der Waals surface area contributed by atoms with Gasteiger partial charge in [0.05, 0.1) is 29.9 Å². The molecule has 29 heavy (non-hydrogen) atoms. The second kappa shape index (κ2) is 7.59. The number of nitrogens with zero attached hydrogens (tertiary/aromatic N) is 1. The van der Waals surface area contributed by atoms with Gasteiger partial charge in [0, 0.05) is 17.2 Å². The number of carbonyl (C=O) groups is 1. The lowest BCUT2D eigenvalue weighted by atomic mass is 10.0. The first-order valence-electron chi connectivity index (χ1n) is 9.01. The Labute approximate surface area is 166 Å². The van der Waals surface area contributed by atoms with Crippen molar-refractivity contribution < 1.29 is 13.9 Å². The van der Waals surface area contributed by atoms with Crippen molar-refractivity contribution in [1.82, 2.24) is 4.98 Å². The number of para-hydroxylation sites is 1. The SMILES string of the molecule is COc1ccc(NC(=O)c2cccc3c(=O)c(C)c(-c4ccccc4)oc23)cn1. The Morgan fingerprint density at radius 3 is 2.52 bits per heavy atom. The standard InChI is InChI=1S/C23H18N2O4/c1-14-20(26)17-9-6-10-18(22(17)29-21(14)15-7-4-3-5-8-15)23(27)25-16-11-12-19(28-2)24-13-16/h3-13H,1-2H3,(H,25,27). The van der Waals surface area contributed by atoms with Gasteiger partial charge in [-0.1, -0.05) is 36.4 Å². The van der Waals surface area contributed by atoms with Gasteiger partial charge in [0.25, 0.3) is 5.91 Å². The van der Waals surface area contributed by atoms with E-state index in [-0.39, 0.29) is 16.6 Å².